The van der Waals surface area contributed by atoms with Gasteiger partial charge in [0.15, 0.2) is 0 Å². The van der Waals surface area contributed by atoms with Gasteiger partial charge in [0.05, 0.1) is 6.04 Å². The van der Waals surface area contributed by atoms with Crippen LogP contribution in [0.1, 0.15) is 12.5 Å². The fraction of sp³-hybridized carbons (Fsp3) is 0.562. The Kier molecular flexibility index (Phi) is 6.45. The van der Waals surface area contributed by atoms with E-state index in [4.69, 9.17) is 11.6 Å². The van der Waals surface area contributed by atoms with Crippen LogP contribution in [0.2, 0.25) is 5.02 Å². The number of anilines is 1. The largest absolute Gasteiger partial charge is 0.324 e. The minimum absolute atomic E-state index is 0.130. The molecule has 0 saturated carbocycles. The second kappa shape index (κ2) is 8.01. The number of benzene rings is 1. The summed E-state index contributed by atoms with van der Waals surface area (Å²) in [6.45, 7) is 5.49. The number of carbonyl (C=O) groups is 1. The molecule has 25 heavy (non-hydrogen) atoms. The number of rotatable bonds is 5. The van der Waals surface area contributed by atoms with E-state index in [0.717, 1.165) is 5.56 Å². The Hall–Kier alpha value is -1.19. The molecule has 1 aliphatic rings. The quantitative estimate of drug-likeness (QED) is 0.827. The first-order chi connectivity index (χ1) is 11.6. The van der Waals surface area contributed by atoms with Gasteiger partial charge in [-0.2, -0.15) is 17.0 Å². The van der Waals surface area contributed by atoms with Crippen molar-refractivity contribution in [2.45, 2.75) is 19.9 Å². The van der Waals surface area contributed by atoms with Crippen molar-refractivity contribution in [2.24, 2.45) is 0 Å². The molecule has 1 unspecified atom stereocenters. The Bertz CT molecular complexity index is 731. The summed E-state index contributed by atoms with van der Waals surface area (Å²) in [5.41, 5.74) is 1.63. The topological polar surface area (TPSA) is 73.0 Å². The molecule has 0 bridgehead atoms. The maximum absolute atomic E-state index is 12.5. The third-order valence-electron chi connectivity index (χ3n) is 4.45. The summed E-state index contributed by atoms with van der Waals surface area (Å²) in [5.74, 6) is -0.130. The van der Waals surface area contributed by atoms with Crippen LogP contribution in [0.5, 0.6) is 0 Å². The first kappa shape index (κ1) is 20.1. The van der Waals surface area contributed by atoms with Crippen LogP contribution in [0.3, 0.4) is 0 Å². The van der Waals surface area contributed by atoms with E-state index in [1.807, 2.05) is 24.8 Å². The number of amides is 1. The molecule has 140 valence electrons. The van der Waals surface area contributed by atoms with E-state index in [0.29, 0.717) is 36.9 Å². The molecule has 0 spiro atoms. The van der Waals surface area contributed by atoms with Gasteiger partial charge in [0, 0.05) is 51.0 Å². The summed E-state index contributed by atoms with van der Waals surface area (Å²) in [6.07, 6.45) is 0. The average Bonchev–Trinajstić information content (AvgIpc) is 2.57. The van der Waals surface area contributed by atoms with Gasteiger partial charge in [-0.25, -0.2) is 0 Å². The van der Waals surface area contributed by atoms with Crippen molar-refractivity contribution >= 4 is 33.4 Å². The Morgan fingerprint density at radius 3 is 2.40 bits per heavy atom. The van der Waals surface area contributed by atoms with Crippen molar-refractivity contribution in [3.8, 4) is 0 Å². The zero-order valence-electron chi connectivity index (χ0n) is 15.0. The number of carbonyl (C=O) groups excluding carboxylic acids is 1. The highest BCUT2D eigenvalue weighted by atomic mass is 35.5. The van der Waals surface area contributed by atoms with Gasteiger partial charge in [0.1, 0.15) is 0 Å². The predicted octanol–water partition coefficient (Wildman–Crippen LogP) is 1.40. The van der Waals surface area contributed by atoms with Crippen molar-refractivity contribution in [3.63, 3.8) is 0 Å². The van der Waals surface area contributed by atoms with Crippen LogP contribution in [0, 0.1) is 6.92 Å². The molecule has 0 aliphatic carbocycles. The van der Waals surface area contributed by atoms with Crippen LogP contribution in [-0.4, -0.2) is 74.2 Å². The molecule has 0 aromatic heterocycles. The highest BCUT2D eigenvalue weighted by Crippen LogP contribution is 2.21. The summed E-state index contributed by atoms with van der Waals surface area (Å²) < 4.78 is 26.9. The third kappa shape index (κ3) is 4.71. The molecule has 1 N–H and O–H groups in total. The highest BCUT2D eigenvalue weighted by Gasteiger charge is 2.31. The van der Waals surface area contributed by atoms with Gasteiger partial charge in [0.25, 0.3) is 10.2 Å². The fourth-order valence-electron chi connectivity index (χ4n) is 2.68. The molecule has 1 aromatic carbocycles. The zero-order valence-corrected chi connectivity index (χ0v) is 16.6. The molecule has 1 amide bonds. The van der Waals surface area contributed by atoms with Crippen LogP contribution in [0.15, 0.2) is 18.2 Å². The van der Waals surface area contributed by atoms with Crippen molar-refractivity contribution in [3.05, 3.63) is 28.8 Å². The Morgan fingerprint density at radius 2 is 1.84 bits per heavy atom. The lowest BCUT2D eigenvalue weighted by Gasteiger charge is -2.37. The normalized spacial score (nSPS) is 18.3. The van der Waals surface area contributed by atoms with Crippen LogP contribution in [-0.2, 0) is 15.0 Å². The molecular formula is C16H25ClN4O3S. The molecule has 1 saturated heterocycles. The van der Waals surface area contributed by atoms with E-state index in [1.165, 1.54) is 22.7 Å². The summed E-state index contributed by atoms with van der Waals surface area (Å²) in [5, 5.41) is 3.47. The van der Waals surface area contributed by atoms with Gasteiger partial charge in [-0.3, -0.25) is 9.69 Å². The molecule has 0 radical (unpaired) electrons. The van der Waals surface area contributed by atoms with Gasteiger partial charge >= 0.3 is 0 Å². The summed E-state index contributed by atoms with van der Waals surface area (Å²) in [6, 6.07) is 5.00. The maximum Gasteiger partial charge on any atom is 0.281 e. The predicted molar refractivity (Wildman–Crippen MR) is 100 cm³/mol. The van der Waals surface area contributed by atoms with Crippen molar-refractivity contribution in [2.75, 3.05) is 45.6 Å². The smallest absolute Gasteiger partial charge is 0.281 e. The molecule has 7 nitrogen and oxygen atoms in total. The lowest BCUT2D eigenvalue weighted by molar-refractivity contribution is -0.121. The van der Waals surface area contributed by atoms with Gasteiger partial charge in [-0.1, -0.05) is 17.7 Å². The van der Waals surface area contributed by atoms with E-state index >= 15 is 0 Å². The maximum atomic E-state index is 12.5. The molecule has 1 aliphatic heterocycles. The van der Waals surface area contributed by atoms with Gasteiger partial charge in [0.2, 0.25) is 5.91 Å². The first-order valence-electron chi connectivity index (χ1n) is 8.11. The molecule has 2 rings (SSSR count). The molecule has 1 fully saturated rings. The van der Waals surface area contributed by atoms with E-state index in [1.54, 1.807) is 12.1 Å². The van der Waals surface area contributed by atoms with Crippen molar-refractivity contribution < 1.29 is 13.2 Å². The van der Waals surface area contributed by atoms with Crippen LogP contribution < -0.4 is 5.32 Å². The highest BCUT2D eigenvalue weighted by molar-refractivity contribution is 7.86. The number of aryl methyl sites for hydroxylation is 1. The summed E-state index contributed by atoms with van der Waals surface area (Å²) >= 11 is 5.98. The molecule has 1 atom stereocenters. The second-order valence-electron chi connectivity index (χ2n) is 6.35. The van der Waals surface area contributed by atoms with E-state index in [9.17, 15) is 13.2 Å². The number of hydrogen-bond donors (Lipinski definition) is 1. The molecular weight excluding hydrogens is 364 g/mol. The van der Waals surface area contributed by atoms with E-state index < -0.39 is 10.2 Å². The Balaban J connectivity index is 1.97. The number of halogens is 1. The Morgan fingerprint density at radius 1 is 1.24 bits per heavy atom. The standard InChI is InChI=1S/C16H25ClN4O3S/c1-12-5-6-14(17)11-15(12)18-16(22)13(2)20-7-9-21(10-8-20)25(23,24)19(3)4/h5-6,11,13H,7-10H2,1-4H3,(H,18,22). The number of nitrogens with zero attached hydrogens (tertiary/aromatic N) is 3. The van der Waals surface area contributed by atoms with Crippen LogP contribution in [0.4, 0.5) is 5.69 Å². The van der Waals surface area contributed by atoms with Crippen LogP contribution >= 0.6 is 11.6 Å². The lowest BCUT2D eigenvalue weighted by Crippen LogP contribution is -2.55. The third-order valence-corrected chi connectivity index (χ3v) is 6.62. The first-order valence-corrected chi connectivity index (χ1v) is 9.89. The lowest BCUT2D eigenvalue weighted by atomic mass is 10.1. The number of nitrogens with one attached hydrogen (secondary N) is 1. The molecule has 9 heteroatoms. The van der Waals surface area contributed by atoms with Gasteiger partial charge in [-0.15, -0.1) is 0 Å². The second-order valence-corrected chi connectivity index (χ2v) is 8.93. The van der Waals surface area contributed by atoms with Crippen LogP contribution in [0.25, 0.3) is 0 Å². The monoisotopic (exact) mass is 388 g/mol. The summed E-state index contributed by atoms with van der Waals surface area (Å²) in [7, 11) is -0.366. The fourth-order valence-corrected chi connectivity index (χ4v) is 3.94. The summed E-state index contributed by atoms with van der Waals surface area (Å²) in [4.78, 5) is 14.5. The average molecular weight is 389 g/mol. The number of piperazine rings is 1. The SMILES string of the molecule is Cc1ccc(Cl)cc1NC(=O)C(C)N1CCN(S(=O)(=O)N(C)C)CC1. The zero-order chi connectivity index (χ0) is 18.8. The van der Waals surface area contributed by atoms with E-state index in [-0.39, 0.29) is 11.9 Å². The van der Waals surface area contributed by atoms with Crippen molar-refractivity contribution in [1.29, 1.82) is 0 Å². The number of hydrogen-bond acceptors (Lipinski definition) is 4. The van der Waals surface area contributed by atoms with Gasteiger partial charge < -0.3 is 5.32 Å². The van der Waals surface area contributed by atoms with E-state index in [2.05, 4.69) is 5.32 Å². The van der Waals surface area contributed by atoms with Gasteiger partial charge in [-0.05, 0) is 31.5 Å². The Labute approximate surface area is 154 Å². The minimum Gasteiger partial charge on any atom is -0.324 e. The molecule has 1 aromatic rings. The minimum atomic E-state index is -3.40. The van der Waals surface area contributed by atoms with Crippen molar-refractivity contribution in [1.82, 2.24) is 13.5 Å². The molecule has 1 heterocycles.